The van der Waals surface area contributed by atoms with E-state index in [9.17, 15) is 0 Å². The SMILES string of the molecule is C=CCN(CC=C)c1ccc(C=Cc2cccc[n+]2CC=C)cc1. The molecule has 2 heteroatoms. The highest BCUT2D eigenvalue weighted by molar-refractivity contribution is 5.68. The first-order chi connectivity index (χ1) is 11.8. The zero-order chi connectivity index (χ0) is 17.2. The molecule has 0 aliphatic heterocycles. The highest BCUT2D eigenvalue weighted by Gasteiger charge is 2.04. The Hall–Kier alpha value is -2.87. The summed E-state index contributed by atoms with van der Waals surface area (Å²) in [5, 5.41) is 0. The highest BCUT2D eigenvalue weighted by Crippen LogP contribution is 2.16. The fourth-order valence-electron chi connectivity index (χ4n) is 2.52. The van der Waals surface area contributed by atoms with Crippen LogP contribution in [0.5, 0.6) is 0 Å². The number of nitrogens with zero attached hydrogens (tertiary/aromatic N) is 2. The summed E-state index contributed by atoms with van der Waals surface area (Å²) >= 11 is 0. The van der Waals surface area contributed by atoms with E-state index >= 15 is 0 Å². The number of hydrogen-bond donors (Lipinski definition) is 0. The Labute approximate surface area is 145 Å². The number of rotatable bonds is 9. The van der Waals surface area contributed by atoms with Gasteiger partial charge in [-0.15, -0.1) is 13.2 Å². The molecule has 0 N–H and O–H groups in total. The standard InChI is InChI=1S/C22H25N2/c1-4-16-23(17-5-2)22-14-11-20(12-15-22)10-13-21-9-7-8-19-24(21)18-6-3/h4-15,19H,1-3,16-18H2/q+1. The molecule has 122 valence electrons. The molecule has 2 aromatic rings. The second-order valence-electron chi connectivity index (χ2n) is 5.47. The van der Waals surface area contributed by atoms with Gasteiger partial charge < -0.3 is 4.90 Å². The van der Waals surface area contributed by atoms with Crippen molar-refractivity contribution in [1.29, 1.82) is 0 Å². The van der Waals surface area contributed by atoms with Crippen LogP contribution in [0.4, 0.5) is 5.69 Å². The Kier molecular flexibility index (Phi) is 6.78. The van der Waals surface area contributed by atoms with E-state index in [2.05, 4.69) is 77.9 Å². The normalized spacial score (nSPS) is 10.5. The lowest BCUT2D eigenvalue weighted by Crippen LogP contribution is -2.35. The fraction of sp³-hybridized carbons (Fsp3) is 0.136. The summed E-state index contributed by atoms with van der Waals surface area (Å²) in [7, 11) is 0. The average molecular weight is 317 g/mol. The zero-order valence-electron chi connectivity index (χ0n) is 14.1. The monoisotopic (exact) mass is 317 g/mol. The van der Waals surface area contributed by atoms with Gasteiger partial charge in [0, 0.05) is 37.0 Å². The molecule has 0 amide bonds. The van der Waals surface area contributed by atoms with Crippen LogP contribution in [-0.2, 0) is 6.54 Å². The first-order valence-corrected chi connectivity index (χ1v) is 8.12. The van der Waals surface area contributed by atoms with Gasteiger partial charge >= 0.3 is 0 Å². The summed E-state index contributed by atoms with van der Waals surface area (Å²) in [6.07, 6.45) is 12.0. The predicted molar refractivity (Wildman–Crippen MR) is 105 cm³/mol. The number of anilines is 1. The van der Waals surface area contributed by atoms with Crippen LogP contribution in [0.2, 0.25) is 0 Å². The van der Waals surface area contributed by atoms with Gasteiger partial charge in [-0.1, -0.05) is 30.9 Å². The van der Waals surface area contributed by atoms with E-state index in [0.717, 1.165) is 25.3 Å². The molecule has 0 saturated heterocycles. The lowest BCUT2D eigenvalue weighted by atomic mass is 10.1. The van der Waals surface area contributed by atoms with Crippen molar-refractivity contribution in [3.8, 4) is 0 Å². The molecule has 0 radical (unpaired) electrons. The van der Waals surface area contributed by atoms with E-state index in [4.69, 9.17) is 0 Å². The van der Waals surface area contributed by atoms with E-state index in [-0.39, 0.29) is 0 Å². The number of benzene rings is 1. The molecular weight excluding hydrogens is 292 g/mol. The Balaban J connectivity index is 2.15. The molecule has 1 heterocycles. The summed E-state index contributed by atoms with van der Waals surface area (Å²) in [6.45, 7) is 13.9. The van der Waals surface area contributed by atoms with E-state index in [1.54, 1.807) is 0 Å². The largest absolute Gasteiger partial charge is 0.364 e. The highest BCUT2D eigenvalue weighted by atomic mass is 15.1. The van der Waals surface area contributed by atoms with E-state index < -0.39 is 0 Å². The van der Waals surface area contributed by atoms with Crippen molar-refractivity contribution in [1.82, 2.24) is 0 Å². The molecule has 2 rings (SSSR count). The van der Waals surface area contributed by atoms with Gasteiger partial charge in [-0.2, -0.15) is 4.57 Å². The Morgan fingerprint density at radius 3 is 2.17 bits per heavy atom. The maximum absolute atomic E-state index is 3.82. The topological polar surface area (TPSA) is 7.12 Å². The molecule has 0 aliphatic rings. The maximum atomic E-state index is 3.82. The molecule has 0 atom stereocenters. The molecule has 2 nitrogen and oxygen atoms in total. The van der Waals surface area contributed by atoms with Gasteiger partial charge in [0.05, 0.1) is 0 Å². The fourth-order valence-corrected chi connectivity index (χ4v) is 2.52. The van der Waals surface area contributed by atoms with Crippen molar-refractivity contribution in [3.05, 3.63) is 97.9 Å². The zero-order valence-corrected chi connectivity index (χ0v) is 14.1. The van der Waals surface area contributed by atoms with Gasteiger partial charge in [0.1, 0.15) is 0 Å². The van der Waals surface area contributed by atoms with Gasteiger partial charge in [-0.25, -0.2) is 0 Å². The van der Waals surface area contributed by atoms with Crippen molar-refractivity contribution < 1.29 is 4.57 Å². The first kappa shape index (κ1) is 17.5. The minimum absolute atomic E-state index is 0.803. The van der Waals surface area contributed by atoms with Crippen LogP contribution < -0.4 is 9.47 Å². The van der Waals surface area contributed by atoms with Crippen LogP contribution in [0.3, 0.4) is 0 Å². The molecule has 0 spiro atoms. The van der Waals surface area contributed by atoms with Crippen LogP contribution in [0.1, 0.15) is 11.3 Å². The van der Waals surface area contributed by atoms with Crippen molar-refractivity contribution in [2.45, 2.75) is 6.54 Å². The molecule has 0 fully saturated rings. The molecule has 1 aromatic carbocycles. The third-order valence-electron chi connectivity index (χ3n) is 3.71. The molecule has 0 bridgehead atoms. The Bertz CT molecular complexity index is 701. The third-order valence-corrected chi connectivity index (χ3v) is 3.71. The minimum Gasteiger partial charge on any atom is -0.364 e. The second kappa shape index (κ2) is 9.31. The summed E-state index contributed by atoms with van der Waals surface area (Å²) < 4.78 is 2.16. The summed E-state index contributed by atoms with van der Waals surface area (Å²) in [5.41, 5.74) is 3.50. The van der Waals surface area contributed by atoms with E-state index in [1.807, 2.05) is 30.4 Å². The molecule has 0 unspecified atom stereocenters. The minimum atomic E-state index is 0.803. The van der Waals surface area contributed by atoms with E-state index in [1.165, 1.54) is 11.3 Å². The number of hydrogen-bond acceptors (Lipinski definition) is 1. The van der Waals surface area contributed by atoms with Crippen LogP contribution in [-0.4, -0.2) is 13.1 Å². The van der Waals surface area contributed by atoms with Crippen molar-refractivity contribution in [3.63, 3.8) is 0 Å². The van der Waals surface area contributed by atoms with Gasteiger partial charge in [0.2, 0.25) is 5.69 Å². The number of allylic oxidation sites excluding steroid dienone is 1. The molecule has 0 aliphatic carbocycles. The van der Waals surface area contributed by atoms with Crippen LogP contribution in [0.25, 0.3) is 12.2 Å². The molecule has 24 heavy (non-hydrogen) atoms. The Morgan fingerprint density at radius 2 is 1.54 bits per heavy atom. The average Bonchev–Trinajstić information content (AvgIpc) is 2.62. The van der Waals surface area contributed by atoms with Gasteiger partial charge in [0.25, 0.3) is 0 Å². The van der Waals surface area contributed by atoms with Crippen LogP contribution in [0.15, 0.2) is 86.6 Å². The third kappa shape index (κ3) is 4.82. The smallest absolute Gasteiger partial charge is 0.205 e. The quantitative estimate of drug-likeness (QED) is 0.487. The molecule has 0 saturated carbocycles. The summed E-state index contributed by atoms with van der Waals surface area (Å²) in [4.78, 5) is 2.22. The van der Waals surface area contributed by atoms with Crippen LogP contribution in [0, 0.1) is 0 Å². The summed E-state index contributed by atoms with van der Waals surface area (Å²) in [5.74, 6) is 0. The predicted octanol–water partition coefficient (Wildman–Crippen LogP) is 4.51. The van der Waals surface area contributed by atoms with Gasteiger partial charge in [-0.05, 0) is 35.9 Å². The summed E-state index contributed by atoms with van der Waals surface area (Å²) in [6, 6.07) is 14.7. The second-order valence-corrected chi connectivity index (χ2v) is 5.47. The van der Waals surface area contributed by atoms with E-state index in [0.29, 0.717) is 0 Å². The van der Waals surface area contributed by atoms with Crippen LogP contribution >= 0.6 is 0 Å². The van der Waals surface area contributed by atoms with Crippen molar-refractivity contribution in [2.24, 2.45) is 0 Å². The number of pyridine rings is 1. The lowest BCUT2D eigenvalue weighted by molar-refractivity contribution is -0.688. The van der Waals surface area contributed by atoms with Crippen molar-refractivity contribution >= 4 is 17.8 Å². The molecular formula is C22H25N2+. The number of aromatic nitrogens is 1. The Morgan fingerprint density at radius 1 is 0.833 bits per heavy atom. The maximum Gasteiger partial charge on any atom is 0.205 e. The van der Waals surface area contributed by atoms with Gasteiger partial charge in [-0.3, -0.25) is 0 Å². The first-order valence-electron chi connectivity index (χ1n) is 8.12. The molecule has 1 aromatic heterocycles. The van der Waals surface area contributed by atoms with Gasteiger partial charge in [0.15, 0.2) is 12.7 Å². The lowest BCUT2D eigenvalue weighted by Gasteiger charge is -2.21. The van der Waals surface area contributed by atoms with Crippen molar-refractivity contribution in [2.75, 3.05) is 18.0 Å².